The van der Waals surface area contributed by atoms with E-state index in [0.717, 1.165) is 34.6 Å². The van der Waals surface area contributed by atoms with Crippen molar-refractivity contribution in [3.63, 3.8) is 0 Å². The minimum absolute atomic E-state index is 0.101. The SMILES string of the molecule is COC1(c2conc2-c2ccc(C)nc2)c2cnccc2CC(C)N1c1ccccn1. The van der Waals surface area contributed by atoms with Crippen LogP contribution in [-0.4, -0.2) is 33.3 Å². The van der Waals surface area contributed by atoms with Gasteiger partial charge in [-0.2, -0.15) is 0 Å². The Kier molecular flexibility index (Phi) is 4.75. The number of fused-ring (bicyclic) bond motifs is 1. The van der Waals surface area contributed by atoms with Gasteiger partial charge in [0, 0.05) is 54.8 Å². The maximum Gasteiger partial charge on any atom is 0.202 e. The van der Waals surface area contributed by atoms with Crippen LogP contribution in [-0.2, 0) is 16.9 Å². The van der Waals surface area contributed by atoms with Crippen LogP contribution in [0.25, 0.3) is 11.3 Å². The van der Waals surface area contributed by atoms with Crippen LogP contribution in [0.15, 0.2) is 72.0 Å². The van der Waals surface area contributed by atoms with E-state index in [4.69, 9.17) is 9.26 Å². The quantitative estimate of drug-likeness (QED) is 0.498. The minimum atomic E-state index is -1.02. The molecular weight excluding hydrogens is 390 g/mol. The number of pyridine rings is 3. The lowest BCUT2D eigenvalue weighted by Crippen LogP contribution is -2.57. The molecule has 0 spiro atoms. The van der Waals surface area contributed by atoms with Crippen molar-refractivity contribution in [3.05, 3.63) is 89.8 Å². The highest BCUT2D eigenvalue weighted by atomic mass is 16.5. The molecule has 7 nitrogen and oxygen atoms in total. The second-order valence-corrected chi connectivity index (χ2v) is 7.76. The summed E-state index contributed by atoms with van der Waals surface area (Å²) in [6.07, 6.45) is 9.78. The maximum atomic E-state index is 6.40. The van der Waals surface area contributed by atoms with Crippen LogP contribution < -0.4 is 4.90 Å². The molecule has 0 bridgehead atoms. The summed E-state index contributed by atoms with van der Waals surface area (Å²) in [5.41, 5.74) is 4.36. The summed E-state index contributed by atoms with van der Waals surface area (Å²) in [5.74, 6) is 0.806. The van der Waals surface area contributed by atoms with E-state index in [9.17, 15) is 0 Å². The summed E-state index contributed by atoms with van der Waals surface area (Å²) in [6, 6.07) is 12.0. The lowest BCUT2D eigenvalue weighted by Gasteiger charge is -2.50. The van der Waals surface area contributed by atoms with Crippen LogP contribution in [0.3, 0.4) is 0 Å². The summed E-state index contributed by atoms with van der Waals surface area (Å²) in [5, 5.41) is 4.35. The van der Waals surface area contributed by atoms with Crippen LogP contribution in [0.2, 0.25) is 0 Å². The van der Waals surface area contributed by atoms with E-state index in [1.54, 1.807) is 19.6 Å². The molecule has 2 unspecified atom stereocenters. The van der Waals surface area contributed by atoms with Gasteiger partial charge < -0.3 is 14.2 Å². The number of ether oxygens (including phenoxy) is 1. The monoisotopic (exact) mass is 413 g/mol. The number of hydrogen-bond donors (Lipinski definition) is 0. The molecule has 2 atom stereocenters. The number of rotatable bonds is 4. The van der Waals surface area contributed by atoms with Gasteiger partial charge in [-0.25, -0.2) is 4.98 Å². The molecule has 7 heteroatoms. The van der Waals surface area contributed by atoms with E-state index in [1.807, 2.05) is 55.8 Å². The van der Waals surface area contributed by atoms with E-state index in [0.29, 0.717) is 5.69 Å². The third-order valence-electron chi connectivity index (χ3n) is 5.88. The van der Waals surface area contributed by atoms with Gasteiger partial charge in [-0.05, 0) is 56.2 Å². The number of hydrogen-bond acceptors (Lipinski definition) is 7. The zero-order valence-electron chi connectivity index (χ0n) is 17.7. The molecule has 0 N–H and O–H groups in total. The van der Waals surface area contributed by atoms with Crippen molar-refractivity contribution in [3.8, 4) is 11.3 Å². The number of nitrogens with zero attached hydrogens (tertiary/aromatic N) is 5. The van der Waals surface area contributed by atoms with E-state index in [1.165, 1.54) is 5.56 Å². The van der Waals surface area contributed by atoms with E-state index in [-0.39, 0.29) is 6.04 Å². The van der Waals surface area contributed by atoms with Gasteiger partial charge in [0.1, 0.15) is 17.8 Å². The normalized spacial score (nSPS) is 20.5. The van der Waals surface area contributed by atoms with Gasteiger partial charge in [-0.15, -0.1) is 0 Å². The minimum Gasteiger partial charge on any atom is -0.364 e. The third-order valence-corrected chi connectivity index (χ3v) is 5.88. The smallest absolute Gasteiger partial charge is 0.202 e. The molecule has 0 fully saturated rings. The standard InChI is InChI=1S/C24H23N5O2/c1-16-7-8-19(13-27-16)23-21(15-31-28-23)24(30-3)20-14-25-11-9-18(20)12-17(2)29(24)22-6-4-5-10-26-22/h4-11,13-15,17H,12H2,1-3H3. The zero-order chi connectivity index (χ0) is 21.4. The lowest BCUT2D eigenvalue weighted by molar-refractivity contribution is 0.00558. The average Bonchev–Trinajstić information content (AvgIpc) is 3.29. The van der Waals surface area contributed by atoms with Gasteiger partial charge in [0.2, 0.25) is 5.72 Å². The first-order chi connectivity index (χ1) is 15.1. The molecule has 1 aliphatic heterocycles. The molecule has 5 rings (SSSR count). The summed E-state index contributed by atoms with van der Waals surface area (Å²) in [6.45, 7) is 4.13. The number of aromatic nitrogens is 4. The summed E-state index contributed by atoms with van der Waals surface area (Å²) in [7, 11) is 1.70. The zero-order valence-corrected chi connectivity index (χ0v) is 17.7. The Bertz CT molecular complexity index is 1190. The van der Waals surface area contributed by atoms with Crippen LogP contribution in [0.1, 0.15) is 29.3 Å². The molecule has 0 saturated carbocycles. The van der Waals surface area contributed by atoms with Gasteiger partial charge >= 0.3 is 0 Å². The first-order valence-corrected chi connectivity index (χ1v) is 10.2. The first-order valence-electron chi connectivity index (χ1n) is 10.2. The Morgan fingerprint density at radius 1 is 1.06 bits per heavy atom. The topological polar surface area (TPSA) is 77.2 Å². The number of methoxy groups -OCH3 is 1. The van der Waals surface area contributed by atoms with Crippen molar-refractivity contribution in [1.29, 1.82) is 0 Å². The Balaban J connectivity index is 1.80. The van der Waals surface area contributed by atoms with Crippen LogP contribution >= 0.6 is 0 Å². The highest BCUT2D eigenvalue weighted by molar-refractivity contribution is 5.67. The van der Waals surface area contributed by atoms with E-state index < -0.39 is 5.72 Å². The molecule has 0 aliphatic carbocycles. The molecule has 4 aromatic heterocycles. The summed E-state index contributed by atoms with van der Waals surface area (Å²) in [4.78, 5) is 15.7. The van der Waals surface area contributed by atoms with Crippen molar-refractivity contribution in [2.45, 2.75) is 32.0 Å². The maximum absolute atomic E-state index is 6.40. The molecule has 0 aromatic carbocycles. The fourth-order valence-electron chi connectivity index (χ4n) is 4.53. The molecule has 31 heavy (non-hydrogen) atoms. The molecule has 0 saturated heterocycles. The Morgan fingerprint density at radius 2 is 1.97 bits per heavy atom. The second-order valence-electron chi connectivity index (χ2n) is 7.76. The third kappa shape index (κ3) is 3.00. The molecule has 1 aliphatic rings. The summed E-state index contributed by atoms with van der Waals surface area (Å²) < 4.78 is 11.9. The highest BCUT2D eigenvalue weighted by Gasteiger charge is 2.51. The van der Waals surface area contributed by atoms with Crippen LogP contribution in [0.4, 0.5) is 5.82 Å². The van der Waals surface area contributed by atoms with Crippen molar-refractivity contribution < 1.29 is 9.26 Å². The molecular formula is C24H23N5O2. The molecule has 4 aromatic rings. The summed E-state index contributed by atoms with van der Waals surface area (Å²) >= 11 is 0. The first kappa shape index (κ1) is 19.4. The Labute approximate surface area is 180 Å². The van der Waals surface area contributed by atoms with Crippen LogP contribution in [0, 0.1) is 6.92 Å². The number of aryl methyl sites for hydroxylation is 1. The van der Waals surface area contributed by atoms with Gasteiger partial charge in [0.25, 0.3) is 0 Å². The van der Waals surface area contributed by atoms with Gasteiger partial charge in [0.15, 0.2) is 0 Å². The van der Waals surface area contributed by atoms with Crippen LogP contribution in [0.5, 0.6) is 0 Å². The second kappa shape index (κ2) is 7.59. The highest BCUT2D eigenvalue weighted by Crippen LogP contribution is 2.48. The number of anilines is 1. The van der Waals surface area contributed by atoms with E-state index >= 15 is 0 Å². The largest absolute Gasteiger partial charge is 0.364 e. The fraction of sp³-hybridized carbons (Fsp3) is 0.250. The Morgan fingerprint density at radius 3 is 2.71 bits per heavy atom. The molecule has 0 amide bonds. The Hall–Kier alpha value is -3.58. The van der Waals surface area contributed by atoms with Gasteiger partial charge in [-0.1, -0.05) is 11.2 Å². The molecule has 156 valence electrons. The predicted molar refractivity (Wildman–Crippen MR) is 116 cm³/mol. The predicted octanol–water partition coefficient (Wildman–Crippen LogP) is 4.13. The fourth-order valence-corrected chi connectivity index (χ4v) is 4.53. The van der Waals surface area contributed by atoms with Crippen molar-refractivity contribution in [2.24, 2.45) is 0 Å². The molecule has 0 radical (unpaired) electrons. The lowest BCUT2D eigenvalue weighted by atomic mass is 9.82. The molecule has 5 heterocycles. The average molecular weight is 413 g/mol. The van der Waals surface area contributed by atoms with Gasteiger partial charge in [0.05, 0.1) is 5.56 Å². The van der Waals surface area contributed by atoms with Gasteiger partial charge in [-0.3, -0.25) is 9.97 Å². The van der Waals surface area contributed by atoms with E-state index in [2.05, 4.69) is 38.0 Å². The van der Waals surface area contributed by atoms with Crippen molar-refractivity contribution >= 4 is 5.82 Å². The van der Waals surface area contributed by atoms with Crippen molar-refractivity contribution in [1.82, 2.24) is 20.1 Å². The van der Waals surface area contributed by atoms with Crippen molar-refractivity contribution in [2.75, 3.05) is 12.0 Å².